The topological polar surface area (TPSA) is 69.7 Å². The van der Waals surface area contributed by atoms with Crippen molar-refractivity contribution in [2.75, 3.05) is 0 Å². The average Bonchev–Trinajstić information content (AvgIpc) is 2.11. The lowest BCUT2D eigenvalue weighted by Gasteiger charge is -2.15. The van der Waals surface area contributed by atoms with Gasteiger partial charge in [0.15, 0.2) is 0 Å². The summed E-state index contributed by atoms with van der Waals surface area (Å²) in [5.41, 5.74) is 0. The maximum atomic E-state index is 11.2. The van der Waals surface area contributed by atoms with Crippen LogP contribution in [0, 0.1) is 0 Å². The van der Waals surface area contributed by atoms with Gasteiger partial charge in [0.25, 0.3) is 0 Å². The Labute approximate surface area is 95.1 Å². The smallest absolute Gasteiger partial charge is 0.317 e. The van der Waals surface area contributed by atoms with Gasteiger partial charge in [-0.05, 0) is 6.42 Å². The molecule has 1 unspecified atom stereocenters. The predicted molar refractivity (Wildman–Crippen MR) is 56.5 cm³/mol. The Morgan fingerprint density at radius 3 is 2.19 bits per heavy atom. The minimum Gasteiger partial charge on any atom is -0.462 e. The molecule has 0 saturated carbocycles. The third-order valence-electron chi connectivity index (χ3n) is 1.86. The highest BCUT2D eigenvalue weighted by Gasteiger charge is 2.18. The van der Waals surface area contributed by atoms with Gasteiger partial charge >= 0.3 is 17.9 Å². The summed E-state index contributed by atoms with van der Waals surface area (Å²) in [4.78, 5) is 32.5. The highest BCUT2D eigenvalue weighted by atomic mass is 16.6. The number of esters is 3. The van der Waals surface area contributed by atoms with E-state index in [0.29, 0.717) is 6.42 Å². The third-order valence-corrected chi connectivity index (χ3v) is 1.86. The molecule has 1 atom stereocenters. The fraction of sp³-hybridized carbons (Fsp3) is 0.727. The summed E-state index contributed by atoms with van der Waals surface area (Å²) in [7, 11) is 0. The fourth-order valence-electron chi connectivity index (χ4n) is 1.26. The molecule has 0 saturated heterocycles. The zero-order valence-corrected chi connectivity index (χ0v) is 9.95. The Morgan fingerprint density at radius 1 is 1.12 bits per heavy atom. The summed E-state index contributed by atoms with van der Waals surface area (Å²) in [6, 6.07) is 0. The zero-order valence-electron chi connectivity index (χ0n) is 9.95. The van der Waals surface area contributed by atoms with Crippen molar-refractivity contribution in [3.05, 3.63) is 0 Å². The monoisotopic (exact) mass is 230 g/mol. The highest BCUT2D eigenvalue weighted by Crippen LogP contribution is 2.10. The van der Waals surface area contributed by atoms with E-state index in [9.17, 15) is 14.4 Å². The molecule has 0 aromatic rings. The normalized spacial score (nSPS) is 11.7. The molecule has 0 bridgehead atoms. The molecule has 0 amide bonds. The molecule has 0 fully saturated rings. The van der Waals surface area contributed by atoms with Crippen molar-refractivity contribution in [1.82, 2.24) is 0 Å². The van der Waals surface area contributed by atoms with Crippen LogP contribution in [0.25, 0.3) is 0 Å². The molecule has 92 valence electrons. The van der Waals surface area contributed by atoms with Crippen LogP contribution in [0.2, 0.25) is 0 Å². The number of carbonyl (C=O) groups is 3. The highest BCUT2D eigenvalue weighted by molar-refractivity contribution is 5.84. The van der Waals surface area contributed by atoms with Crippen LogP contribution in [0.4, 0.5) is 0 Å². The number of ether oxygens (including phenoxy) is 2. The summed E-state index contributed by atoms with van der Waals surface area (Å²) >= 11 is 0. The standard InChI is InChI=1S/C11H18O5/c1-4-5-6-10(15-8(2)12)7-11(14)16-9(3)13/h10H,4-7H2,1-3H3. The lowest BCUT2D eigenvalue weighted by Crippen LogP contribution is -2.22. The van der Waals surface area contributed by atoms with Crippen molar-refractivity contribution >= 4 is 17.9 Å². The van der Waals surface area contributed by atoms with Gasteiger partial charge in [0.05, 0.1) is 6.42 Å². The molecule has 0 rings (SSSR count). The minimum absolute atomic E-state index is 0.0703. The fourth-order valence-corrected chi connectivity index (χ4v) is 1.26. The molecule has 0 aromatic carbocycles. The van der Waals surface area contributed by atoms with Crippen LogP contribution in [0.1, 0.15) is 46.5 Å². The van der Waals surface area contributed by atoms with Crippen LogP contribution < -0.4 is 0 Å². The zero-order chi connectivity index (χ0) is 12.6. The van der Waals surface area contributed by atoms with Crippen LogP contribution >= 0.6 is 0 Å². The van der Waals surface area contributed by atoms with Gasteiger partial charge in [-0.15, -0.1) is 0 Å². The maximum Gasteiger partial charge on any atom is 0.317 e. The van der Waals surface area contributed by atoms with Crippen molar-refractivity contribution in [1.29, 1.82) is 0 Å². The number of hydrogen-bond acceptors (Lipinski definition) is 5. The molecule has 0 N–H and O–H groups in total. The molecule has 0 aliphatic heterocycles. The number of hydrogen-bond donors (Lipinski definition) is 0. The number of rotatable bonds is 6. The first kappa shape index (κ1) is 14.6. The van der Waals surface area contributed by atoms with Crippen molar-refractivity contribution in [2.45, 2.75) is 52.6 Å². The predicted octanol–water partition coefficient (Wildman–Crippen LogP) is 1.59. The van der Waals surface area contributed by atoms with Gasteiger partial charge in [0, 0.05) is 13.8 Å². The van der Waals surface area contributed by atoms with Crippen LogP contribution in [0.15, 0.2) is 0 Å². The molecule has 5 heteroatoms. The Kier molecular flexibility index (Phi) is 7.16. The van der Waals surface area contributed by atoms with Gasteiger partial charge in [-0.25, -0.2) is 0 Å². The van der Waals surface area contributed by atoms with E-state index >= 15 is 0 Å². The maximum absolute atomic E-state index is 11.2. The second kappa shape index (κ2) is 7.84. The average molecular weight is 230 g/mol. The van der Waals surface area contributed by atoms with E-state index in [4.69, 9.17) is 4.74 Å². The van der Waals surface area contributed by atoms with E-state index in [1.165, 1.54) is 6.92 Å². The Balaban J connectivity index is 4.12. The van der Waals surface area contributed by atoms with Crippen LogP contribution in [-0.4, -0.2) is 24.0 Å². The molecule has 0 spiro atoms. The number of unbranched alkanes of at least 4 members (excludes halogenated alkanes) is 1. The van der Waals surface area contributed by atoms with Crippen LogP contribution in [0.3, 0.4) is 0 Å². The largest absolute Gasteiger partial charge is 0.462 e. The molecular weight excluding hydrogens is 212 g/mol. The first-order valence-electron chi connectivity index (χ1n) is 5.34. The summed E-state index contributed by atoms with van der Waals surface area (Å²) in [6.07, 6.45) is 1.83. The second-order valence-corrected chi connectivity index (χ2v) is 3.54. The first-order chi connectivity index (χ1) is 7.45. The lowest BCUT2D eigenvalue weighted by atomic mass is 10.1. The molecule has 5 nitrogen and oxygen atoms in total. The molecule has 16 heavy (non-hydrogen) atoms. The molecule has 0 radical (unpaired) electrons. The van der Waals surface area contributed by atoms with Crippen molar-refractivity contribution in [3.8, 4) is 0 Å². The quantitative estimate of drug-likeness (QED) is 0.512. The first-order valence-corrected chi connectivity index (χ1v) is 5.34. The van der Waals surface area contributed by atoms with Crippen molar-refractivity contribution < 1.29 is 23.9 Å². The second-order valence-electron chi connectivity index (χ2n) is 3.54. The van der Waals surface area contributed by atoms with E-state index < -0.39 is 24.0 Å². The van der Waals surface area contributed by atoms with E-state index in [-0.39, 0.29) is 6.42 Å². The van der Waals surface area contributed by atoms with Gasteiger partial charge in [-0.1, -0.05) is 19.8 Å². The van der Waals surface area contributed by atoms with Crippen molar-refractivity contribution in [2.24, 2.45) is 0 Å². The molecular formula is C11H18O5. The number of carbonyl (C=O) groups excluding carboxylic acids is 3. The van der Waals surface area contributed by atoms with Gasteiger partial charge in [-0.3, -0.25) is 14.4 Å². The van der Waals surface area contributed by atoms with Crippen LogP contribution in [0.5, 0.6) is 0 Å². The van der Waals surface area contributed by atoms with E-state index in [1.54, 1.807) is 0 Å². The van der Waals surface area contributed by atoms with Crippen LogP contribution in [-0.2, 0) is 23.9 Å². The van der Waals surface area contributed by atoms with Gasteiger partial charge in [0.2, 0.25) is 0 Å². The lowest BCUT2D eigenvalue weighted by molar-refractivity contribution is -0.161. The SMILES string of the molecule is CCCCC(CC(=O)OC(C)=O)OC(C)=O. The van der Waals surface area contributed by atoms with E-state index in [0.717, 1.165) is 19.8 Å². The van der Waals surface area contributed by atoms with Gasteiger partial charge < -0.3 is 9.47 Å². The summed E-state index contributed by atoms with van der Waals surface area (Å²) in [6.45, 7) is 4.44. The molecule has 0 heterocycles. The molecule has 0 aromatic heterocycles. The molecule has 0 aliphatic rings. The van der Waals surface area contributed by atoms with E-state index in [1.807, 2.05) is 6.92 Å². The Bertz CT molecular complexity index is 259. The Morgan fingerprint density at radius 2 is 1.75 bits per heavy atom. The van der Waals surface area contributed by atoms with Gasteiger partial charge in [-0.2, -0.15) is 0 Å². The molecule has 0 aliphatic carbocycles. The van der Waals surface area contributed by atoms with Crippen molar-refractivity contribution in [3.63, 3.8) is 0 Å². The van der Waals surface area contributed by atoms with Gasteiger partial charge in [0.1, 0.15) is 6.10 Å². The summed E-state index contributed by atoms with van der Waals surface area (Å²) < 4.78 is 9.33. The Hall–Kier alpha value is -1.39. The van der Waals surface area contributed by atoms with E-state index in [2.05, 4.69) is 4.74 Å². The summed E-state index contributed by atoms with van der Waals surface area (Å²) in [5, 5.41) is 0. The third kappa shape index (κ3) is 7.96. The summed E-state index contributed by atoms with van der Waals surface area (Å²) in [5.74, 6) is -1.74. The minimum atomic E-state index is -0.658.